The van der Waals surface area contributed by atoms with E-state index in [-0.39, 0.29) is 5.78 Å². The minimum atomic E-state index is -0.459. The summed E-state index contributed by atoms with van der Waals surface area (Å²) in [6.07, 6.45) is 1.94. The molecule has 0 saturated carbocycles. The Morgan fingerprint density at radius 2 is 2.04 bits per heavy atom. The first-order valence-corrected chi connectivity index (χ1v) is 9.46. The highest BCUT2D eigenvalue weighted by atomic mass is 32.2. The molecule has 0 aromatic carbocycles. The highest BCUT2D eigenvalue weighted by Crippen LogP contribution is 2.27. The van der Waals surface area contributed by atoms with Gasteiger partial charge in [0.15, 0.2) is 5.78 Å². The van der Waals surface area contributed by atoms with Gasteiger partial charge in [-0.1, -0.05) is 11.8 Å². The first-order chi connectivity index (χ1) is 11.4. The van der Waals surface area contributed by atoms with Crippen molar-refractivity contribution in [1.29, 1.82) is 0 Å². The zero-order chi connectivity index (χ0) is 17.9. The van der Waals surface area contributed by atoms with Gasteiger partial charge in [0.25, 0.3) is 5.22 Å². The standard InChI is InChI=1S/C15H19N3O4S2/c1-7-11(14(20)21-4)8(2)16-12(7)13(19)9(3)24-15-18-17-10(22-15)6-23-5/h9,16H,6H2,1-5H3/t9-/m1/s1. The molecule has 0 aliphatic rings. The van der Waals surface area contributed by atoms with Gasteiger partial charge in [-0.15, -0.1) is 10.2 Å². The molecule has 2 aromatic heterocycles. The molecule has 0 spiro atoms. The number of hydrogen-bond acceptors (Lipinski definition) is 8. The molecule has 7 nitrogen and oxygen atoms in total. The fourth-order valence-corrected chi connectivity index (χ4v) is 3.40. The molecule has 1 N–H and O–H groups in total. The number of nitrogens with one attached hydrogen (secondary N) is 1. The van der Waals surface area contributed by atoms with Gasteiger partial charge < -0.3 is 14.1 Å². The highest BCUT2D eigenvalue weighted by molar-refractivity contribution is 8.00. The SMILES string of the molecule is COC(=O)c1c(C)[nH]c(C(=O)[C@@H](C)Sc2nnc(CSC)o2)c1C. The molecule has 0 radical (unpaired) electrons. The Morgan fingerprint density at radius 1 is 1.33 bits per heavy atom. The largest absolute Gasteiger partial charge is 0.465 e. The first kappa shape index (κ1) is 18.6. The molecule has 24 heavy (non-hydrogen) atoms. The lowest BCUT2D eigenvalue weighted by Crippen LogP contribution is -2.15. The molecule has 0 bridgehead atoms. The van der Waals surface area contributed by atoms with Crippen molar-refractivity contribution in [2.75, 3.05) is 13.4 Å². The Hall–Kier alpha value is -1.74. The number of esters is 1. The summed E-state index contributed by atoms with van der Waals surface area (Å²) in [5.41, 5.74) is 2.00. The lowest BCUT2D eigenvalue weighted by atomic mass is 10.1. The van der Waals surface area contributed by atoms with E-state index < -0.39 is 11.2 Å². The second kappa shape index (κ2) is 7.89. The third-order valence-corrected chi connectivity index (χ3v) is 4.91. The number of methoxy groups -OCH3 is 1. The number of nitrogens with zero attached hydrogens (tertiary/aromatic N) is 2. The second-order valence-electron chi connectivity index (χ2n) is 5.14. The van der Waals surface area contributed by atoms with Crippen molar-refractivity contribution in [3.63, 3.8) is 0 Å². The van der Waals surface area contributed by atoms with Crippen molar-refractivity contribution >= 4 is 35.3 Å². The van der Waals surface area contributed by atoms with Crippen LogP contribution in [0.2, 0.25) is 0 Å². The number of rotatable bonds is 7. The van der Waals surface area contributed by atoms with Crippen LogP contribution in [-0.4, -0.2) is 45.5 Å². The Morgan fingerprint density at radius 3 is 2.67 bits per heavy atom. The summed E-state index contributed by atoms with van der Waals surface area (Å²) in [6.45, 7) is 5.23. The Balaban J connectivity index is 2.17. The molecule has 0 aliphatic heterocycles. The van der Waals surface area contributed by atoms with Crippen LogP contribution in [0, 0.1) is 13.8 Å². The van der Waals surface area contributed by atoms with E-state index in [0.717, 1.165) is 0 Å². The van der Waals surface area contributed by atoms with E-state index in [1.807, 2.05) is 6.26 Å². The molecule has 0 unspecified atom stereocenters. The third kappa shape index (κ3) is 3.84. The molecule has 0 saturated heterocycles. The average molecular weight is 369 g/mol. The van der Waals surface area contributed by atoms with E-state index in [2.05, 4.69) is 15.2 Å². The average Bonchev–Trinajstić information content (AvgIpc) is 3.10. The minimum absolute atomic E-state index is 0.139. The van der Waals surface area contributed by atoms with Crippen LogP contribution in [0.4, 0.5) is 0 Å². The lowest BCUT2D eigenvalue weighted by Gasteiger charge is -2.07. The summed E-state index contributed by atoms with van der Waals surface area (Å²) in [6, 6.07) is 0. The minimum Gasteiger partial charge on any atom is -0.465 e. The quantitative estimate of drug-likeness (QED) is 0.452. The molecule has 0 amide bonds. The van der Waals surface area contributed by atoms with Gasteiger partial charge >= 0.3 is 5.97 Å². The number of carbonyl (C=O) groups excluding carboxylic acids is 2. The Kier molecular flexibility index (Phi) is 6.11. The fourth-order valence-electron chi connectivity index (χ4n) is 2.28. The molecule has 2 aromatic rings. The summed E-state index contributed by atoms with van der Waals surface area (Å²) < 4.78 is 10.2. The van der Waals surface area contributed by atoms with Crippen LogP contribution >= 0.6 is 23.5 Å². The van der Waals surface area contributed by atoms with Crippen molar-refractivity contribution in [2.45, 2.75) is 37.0 Å². The zero-order valence-corrected chi connectivity index (χ0v) is 15.8. The number of aromatic nitrogens is 3. The van der Waals surface area contributed by atoms with Gasteiger partial charge in [-0.2, -0.15) is 11.8 Å². The number of aryl methyl sites for hydroxylation is 1. The van der Waals surface area contributed by atoms with Crippen molar-refractivity contribution in [3.05, 3.63) is 28.4 Å². The van der Waals surface area contributed by atoms with Crippen LogP contribution < -0.4 is 0 Å². The monoisotopic (exact) mass is 369 g/mol. The van der Waals surface area contributed by atoms with Gasteiger partial charge in [-0.25, -0.2) is 4.79 Å². The molecule has 130 valence electrons. The fraction of sp³-hybridized carbons (Fsp3) is 0.467. The smallest absolute Gasteiger partial charge is 0.339 e. The van der Waals surface area contributed by atoms with Crippen LogP contribution in [0.1, 0.15) is 44.9 Å². The molecular weight excluding hydrogens is 350 g/mol. The number of carbonyl (C=O) groups is 2. The number of Topliss-reactive ketones (excluding diaryl/α,β-unsaturated/α-hetero) is 1. The van der Waals surface area contributed by atoms with E-state index >= 15 is 0 Å². The third-order valence-electron chi connectivity index (χ3n) is 3.44. The molecule has 9 heteroatoms. The number of H-pyrrole nitrogens is 1. The maximum atomic E-state index is 12.7. The normalized spacial score (nSPS) is 12.2. The van der Waals surface area contributed by atoms with Crippen LogP contribution in [0.25, 0.3) is 0 Å². The first-order valence-electron chi connectivity index (χ1n) is 7.18. The highest BCUT2D eigenvalue weighted by Gasteiger charge is 2.27. The topological polar surface area (TPSA) is 98.1 Å². The summed E-state index contributed by atoms with van der Waals surface area (Å²) in [5.74, 6) is 0.567. The van der Waals surface area contributed by atoms with Gasteiger partial charge in [0.1, 0.15) is 0 Å². The van der Waals surface area contributed by atoms with Gasteiger partial charge in [0.2, 0.25) is 5.89 Å². The van der Waals surface area contributed by atoms with E-state index in [9.17, 15) is 9.59 Å². The number of hydrogen-bond donors (Lipinski definition) is 1. The summed E-state index contributed by atoms with van der Waals surface area (Å²) in [5, 5.41) is 7.78. The van der Waals surface area contributed by atoms with Crippen LogP contribution in [-0.2, 0) is 10.5 Å². The van der Waals surface area contributed by atoms with Crippen molar-refractivity contribution < 1.29 is 18.7 Å². The molecule has 2 heterocycles. The van der Waals surface area contributed by atoms with Gasteiger partial charge in [-0.3, -0.25) is 4.79 Å². The second-order valence-corrected chi connectivity index (χ2v) is 7.29. The van der Waals surface area contributed by atoms with E-state index in [1.54, 1.807) is 32.5 Å². The Labute approximate surface area is 148 Å². The maximum Gasteiger partial charge on any atom is 0.339 e. The lowest BCUT2D eigenvalue weighted by molar-refractivity contribution is 0.0599. The molecule has 0 aliphatic carbocycles. The van der Waals surface area contributed by atoms with Crippen molar-refractivity contribution in [1.82, 2.24) is 15.2 Å². The molecule has 2 rings (SSSR count). The molecule has 0 fully saturated rings. The van der Waals surface area contributed by atoms with Gasteiger partial charge in [-0.05, 0) is 32.6 Å². The molecule has 1 atom stereocenters. The number of thioether (sulfide) groups is 2. The summed E-state index contributed by atoms with van der Waals surface area (Å²) >= 11 is 2.78. The zero-order valence-electron chi connectivity index (χ0n) is 14.1. The predicted molar refractivity (Wildman–Crippen MR) is 92.8 cm³/mol. The van der Waals surface area contributed by atoms with Crippen molar-refractivity contribution in [3.8, 4) is 0 Å². The van der Waals surface area contributed by atoms with E-state index in [0.29, 0.717) is 39.4 Å². The predicted octanol–water partition coefficient (Wildman–Crippen LogP) is 3.03. The van der Waals surface area contributed by atoms with E-state index in [4.69, 9.17) is 9.15 Å². The van der Waals surface area contributed by atoms with Gasteiger partial charge in [0.05, 0.1) is 29.4 Å². The molecular formula is C15H19N3O4S2. The van der Waals surface area contributed by atoms with Crippen LogP contribution in [0.3, 0.4) is 0 Å². The number of ether oxygens (including phenoxy) is 1. The summed E-state index contributed by atoms with van der Waals surface area (Å²) in [7, 11) is 1.32. The van der Waals surface area contributed by atoms with E-state index in [1.165, 1.54) is 18.9 Å². The van der Waals surface area contributed by atoms with Crippen LogP contribution in [0.5, 0.6) is 0 Å². The number of aromatic amines is 1. The van der Waals surface area contributed by atoms with Crippen molar-refractivity contribution in [2.24, 2.45) is 0 Å². The summed E-state index contributed by atoms with van der Waals surface area (Å²) in [4.78, 5) is 27.5. The number of ketones is 1. The van der Waals surface area contributed by atoms with Gasteiger partial charge in [0, 0.05) is 5.69 Å². The van der Waals surface area contributed by atoms with Crippen LogP contribution in [0.15, 0.2) is 9.64 Å². The maximum absolute atomic E-state index is 12.7. The Bertz CT molecular complexity index is 754.